The van der Waals surface area contributed by atoms with Gasteiger partial charge in [0, 0.05) is 18.1 Å². The van der Waals surface area contributed by atoms with Crippen LogP contribution in [-0.2, 0) is 16.6 Å². The van der Waals surface area contributed by atoms with E-state index in [0.29, 0.717) is 23.8 Å². The van der Waals surface area contributed by atoms with Crippen molar-refractivity contribution in [2.75, 3.05) is 11.9 Å². The molecule has 0 saturated heterocycles. The van der Waals surface area contributed by atoms with Crippen molar-refractivity contribution in [3.05, 3.63) is 59.1 Å². The number of rotatable bonds is 6. The first-order valence-corrected chi connectivity index (χ1v) is 8.46. The molecule has 0 heterocycles. The van der Waals surface area contributed by atoms with Crippen molar-refractivity contribution < 1.29 is 8.42 Å². The first-order chi connectivity index (χ1) is 10.0. The summed E-state index contributed by atoms with van der Waals surface area (Å²) >= 11 is 6.10. The molecule has 0 amide bonds. The number of benzene rings is 2. The Kier molecular flexibility index (Phi) is 5.22. The van der Waals surface area contributed by atoms with E-state index in [1.807, 2.05) is 18.2 Å². The third kappa shape index (κ3) is 3.97. The number of hydrogen-bond donors (Lipinski definition) is 2. The van der Waals surface area contributed by atoms with Crippen LogP contribution in [0.2, 0.25) is 5.02 Å². The van der Waals surface area contributed by atoms with Gasteiger partial charge in [0.2, 0.25) is 10.0 Å². The highest BCUT2D eigenvalue weighted by Crippen LogP contribution is 2.22. The molecule has 0 fully saturated rings. The fraction of sp³-hybridized carbons (Fsp3) is 0.200. The molecule has 6 heteroatoms. The normalized spacial score (nSPS) is 11.3. The summed E-state index contributed by atoms with van der Waals surface area (Å²) < 4.78 is 26.8. The summed E-state index contributed by atoms with van der Waals surface area (Å²) in [4.78, 5) is 0.235. The highest BCUT2D eigenvalue weighted by molar-refractivity contribution is 7.89. The first kappa shape index (κ1) is 15.8. The summed E-state index contributed by atoms with van der Waals surface area (Å²) in [6, 6.07) is 14.3. The molecule has 112 valence electrons. The van der Waals surface area contributed by atoms with Crippen molar-refractivity contribution in [1.29, 1.82) is 0 Å². The SMILES string of the molecule is CCNS(=O)(=O)c1ccccc1NCc1ccccc1Cl. The van der Waals surface area contributed by atoms with Crippen LogP contribution in [0, 0.1) is 0 Å². The second-order valence-corrected chi connectivity index (χ2v) is 6.59. The van der Waals surface area contributed by atoms with E-state index >= 15 is 0 Å². The standard InChI is InChI=1S/C15H17ClN2O2S/c1-2-18-21(19,20)15-10-6-5-9-14(15)17-11-12-7-3-4-8-13(12)16/h3-10,17-18H,2,11H2,1H3. The van der Waals surface area contributed by atoms with Gasteiger partial charge in [0.1, 0.15) is 4.90 Å². The third-order valence-electron chi connectivity index (χ3n) is 2.94. The lowest BCUT2D eigenvalue weighted by Gasteiger charge is -2.13. The molecule has 0 radical (unpaired) electrons. The Hall–Kier alpha value is -1.56. The van der Waals surface area contributed by atoms with E-state index < -0.39 is 10.0 Å². The molecule has 2 aromatic rings. The summed E-state index contributed by atoms with van der Waals surface area (Å²) in [5.74, 6) is 0. The summed E-state index contributed by atoms with van der Waals surface area (Å²) in [6.45, 7) is 2.55. The lowest BCUT2D eigenvalue weighted by Crippen LogP contribution is -2.24. The number of nitrogens with one attached hydrogen (secondary N) is 2. The summed E-state index contributed by atoms with van der Waals surface area (Å²) in [5.41, 5.74) is 1.47. The van der Waals surface area contributed by atoms with Crippen LogP contribution in [0.15, 0.2) is 53.4 Å². The van der Waals surface area contributed by atoms with Gasteiger partial charge in [-0.05, 0) is 23.8 Å². The lowest BCUT2D eigenvalue weighted by molar-refractivity contribution is 0.584. The van der Waals surface area contributed by atoms with Crippen molar-refractivity contribution in [2.45, 2.75) is 18.4 Å². The van der Waals surface area contributed by atoms with Crippen molar-refractivity contribution in [3.63, 3.8) is 0 Å². The maximum Gasteiger partial charge on any atom is 0.242 e. The third-order valence-corrected chi connectivity index (χ3v) is 4.91. The zero-order valence-corrected chi connectivity index (χ0v) is 13.2. The number of para-hydroxylation sites is 1. The van der Waals surface area contributed by atoms with Crippen molar-refractivity contribution in [2.24, 2.45) is 0 Å². The second-order valence-electron chi connectivity index (χ2n) is 4.44. The van der Waals surface area contributed by atoms with E-state index in [1.54, 1.807) is 37.3 Å². The molecule has 0 atom stereocenters. The molecule has 2 aromatic carbocycles. The van der Waals surface area contributed by atoms with Crippen LogP contribution < -0.4 is 10.0 Å². The summed E-state index contributed by atoms with van der Waals surface area (Å²) in [5, 5.41) is 3.78. The van der Waals surface area contributed by atoms with E-state index in [-0.39, 0.29) is 4.90 Å². The molecule has 0 aliphatic rings. The zero-order valence-electron chi connectivity index (χ0n) is 11.6. The van der Waals surface area contributed by atoms with Gasteiger partial charge in [-0.15, -0.1) is 0 Å². The van der Waals surface area contributed by atoms with Crippen molar-refractivity contribution in [1.82, 2.24) is 4.72 Å². The Morgan fingerprint density at radius 1 is 1.05 bits per heavy atom. The number of hydrogen-bond acceptors (Lipinski definition) is 3. The molecule has 0 aliphatic heterocycles. The Morgan fingerprint density at radius 2 is 1.71 bits per heavy atom. The van der Waals surface area contributed by atoms with Crippen LogP contribution >= 0.6 is 11.6 Å². The van der Waals surface area contributed by atoms with Crippen LogP contribution in [0.1, 0.15) is 12.5 Å². The summed E-state index contributed by atoms with van der Waals surface area (Å²) in [7, 11) is -3.50. The van der Waals surface area contributed by atoms with Crippen LogP contribution in [0.3, 0.4) is 0 Å². The highest BCUT2D eigenvalue weighted by atomic mass is 35.5. The van der Waals surface area contributed by atoms with Gasteiger partial charge in [-0.25, -0.2) is 13.1 Å². The zero-order chi connectivity index (χ0) is 15.3. The van der Waals surface area contributed by atoms with Crippen molar-refractivity contribution in [3.8, 4) is 0 Å². The predicted octanol–water partition coefficient (Wildman–Crippen LogP) is 3.25. The van der Waals surface area contributed by atoms with Gasteiger partial charge in [-0.3, -0.25) is 0 Å². The molecule has 2 N–H and O–H groups in total. The molecule has 0 aromatic heterocycles. The Labute approximate surface area is 130 Å². The maximum absolute atomic E-state index is 12.2. The smallest absolute Gasteiger partial charge is 0.242 e. The predicted molar refractivity (Wildman–Crippen MR) is 86.1 cm³/mol. The molecule has 0 spiro atoms. The first-order valence-electron chi connectivity index (χ1n) is 6.60. The monoisotopic (exact) mass is 324 g/mol. The fourth-order valence-corrected chi connectivity index (χ4v) is 3.37. The van der Waals surface area contributed by atoms with Gasteiger partial charge in [0.25, 0.3) is 0 Å². The molecule has 21 heavy (non-hydrogen) atoms. The van der Waals surface area contributed by atoms with Gasteiger partial charge in [0.05, 0.1) is 5.69 Å². The number of anilines is 1. The molecule has 4 nitrogen and oxygen atoms in total. The van der Waals surface area contributed by atoms with Gasteiger partial charge in [0.15, 0.2) is 0 Å². The second kappa shape index (κ2) is 6.93. The Bertz CT molecular complexity index is 717. The van der Waals surface area contributed by atoms with Crippen LogP contribution in [0.25, 0.3) is 0 Å². The number of halogens is 1. The lowest BCUT2D eigenvalue weighted by atomic mass is 10.2. The minimum Gasteiger partial charge on any atom is -0.380 e. The van der Waals surface area contributed by atoms with Gasteiger partial charge in [-0.1, -0.05) is 48.9 Å². The topological polar surface area (TPSA) is 58.2 Å². The quantitative estimate of drug-likeness (QED) is 0.857. The minimum absolute atomic E-state index is 0.235. The largest absolute Gasteiger partial charge is 0.380 e. The fourth-order valence-electron chi connectivity index (χ4n) is 1.95. The minimum atomic E-state index is -3.50. The molecule has 0 saturated carbocycles. The Morgan fingerprint density at radius 3 is 2.43 bits per heavy atom. The number of sulfonamides is 1. The van der Waals surface area contributed by atoms with E-state index in [2.05, 4.69) is 10.0 Å². The average Bonchev–Trinajstić information content (AvgIpc) is 2.47. The van der Waals surface area contributed by atoms with Crippen LogP contribution in [-0.4, -0.2) is 15.0 Å². The molecule has 0 bridgehead atoms. The van der Waals surface area contributed by atoms with Gasteiger partial charge >= 0.3 is 0 Å². The molecule has 2 rings (SSSR count). The molecule has 0 unspecified atom stereocenters. The van der Waals surface area contributed by atoms with Crippen molar-refractivity contribution >= 4 is 27.3 Å². The maximum atomic E-state index is 12.2. The Balaban J connectivity index is 2.24. The molecular weight excluding hydrogens is 308 g/mol. The van der Waals surface area contributed by atoms with E-state index in [9.17, 15) is 8.42 Å². The van der Waals surface area contributed by atoms with Gasteiger partial charge < -0.3 is 5.32 Å². The van der Waals surface area contributed by atoms with E-state index in [1.165, 1.54) is 0 Å². The van der Waals surface area contributed by atoms with Gasteiger partial charge in [-0.2, -0.15) is 0 Å². The van der Waals surface area contributed by atoms with E-state index in [4.69, 9.17) is 11.6 Å². The van der Waals surface area contributed by atoms with Crippen LogP contribution in [0.4, 0.5) is 5.69 Å². The molecule has 0 aliphatic carbocycles. The average molecular weight is 325 g/mol. The summed E-state index contributed by atoms with van der Waals surface area (Å²) in [6.07, 6.45) is 0. The molecular formula is C15H17ClN2O2S. The van der Waals surface area contributed by atoms with E-state index in [0.717, 1.165) is 5.56 Å². The highest BCUT2D eigenvalue weighted by Gasteiger charge is 2.16. The van der Waals surface area contributed by atoms with Crippen LogP contribution in [0.5, 0.6) is 0 Å².